The van der Waals surface area contributed by atoms with E-state index in [1.165, 1.54) is 6.07 Å². The Labute approximate surface area is 179 Å². The van der Waals surface area contributed by atoms with Gasteiger partial charge in [0.05, 0.1) is 5.02 Å². The van der Waals surface area contributed by atoms with Gasteiger partial charge >= 0.3 is 0 Å². The zero-order valence-electron chi connectivity index (χ0n) is 16.6. The fourth-order valence-corrected chi connectivity index (χ4v) is 3.75. The monoisotopic (exact) mass is 428 g/mol. The number of aryl methyl sites for hydroxylation is 2. The van der Waals surface area contributed by atoms with Gasteiger partial charge < -0.3 is 9.80 Å². The second-order valence-corrected chi connectivity index (χ2v) is 7.60. The molecule has 0 saturated carbocycles. The van der Waals surface area contributed by atoms with Crippen LogP contribution in [0.3, 0.4) is 0 Å². The van der Waals surface area contributed by atoms with Crippen LogP contribution in [-0.4, -0.2) is 56.5 Å². The van der Waals surface area contributed by atoms with Crippen molar-refractivity contribution in [2.75, 3.05) is 31.1 Å². The van der Waals surface area contributed by atoms with E-state index in [4.69, 9.17) is 11.6 Å². The van der Waals surface area contributed by atoms with E-state index < -0.39 is 5.82 Å². The van der Waals surface area contributed by atoms with E-state index in [0.717, 1.165) is 23.0 Å². The molecule has 2 aromatic heterocycles. The number of benzene rings is 1. The summed E-state index contributed by atoms with van der Waals surface area (Å²) in [4.78, 5) is 29.6. The molecule has 0 radical (unpaired) electrons. The molecule has 1 amide bonds. The summed E-state index contributed by atoms with van der Waals surface area (Å²) in [5, 5.41) is 0.0867. The Hall–Kier alpha value is -3.00. The fourth-order valence-electron chi connectivity index (χ4n) is 3.55. The van der Waals surface area contributed by atoms with Crippen LogP contribution in [0, 0.1) is 12.7 Å². The van der Waals surface area contributed by atoms with Gasteiger partial charge in [-0.15, -0.1) is 0 Å². The number of rotatable bonds is 5. The molecule has 0 N–H and O–H groups in total. The zero-order chi connectivity index (χ0) is 21.1. The van der Waals surface area contributed by atoms with Crippen LogP contribution in [0.2, 0.25) is 5.02 Å². The molecule has 0 unspecified atom stereocenters. The lowest BCUT2D eigenvalue weighted by molar-refractivity contribution is -0.131. The van der Waals surface area contributed by atoms with E-state index >= 15 is 0 Å². The zero-order valence-corrected chi connectivity index (χ0v) is 17.4. The topological polar surface area (TPSA) is 67.2 Å². The lowest BCUT2D eigenvalue weighted by Crippen LogP contribution is -2.49. The number of hydrogen-bond acceptors (Lipinski definition) is 5. The lowest BCUT2D eigenvalue weighted by atomic mass is 10.1. The van der Waals surface area contributed by atoms with Gasteiger partial charge in [0.25, 0.3) is 0 Å². The van der Waals surface area contributed by atoms with Crippen molar-refractivity contribution in [3.8, 4) is 5.82 Å². The summed E-state index contributed by atoms with van der Waals surface area (Å²) in [7, 11) is 0. The number of halogens is 2. The van der Waals surface area contributed by atoms with Gasteiger partial charge in [-0.05, 0) is 31.0 Å². The first-order chi connectivity index (χ1) is 14.5. The van der Waals surface area contributed by atoms with E-state index in [1.54, 1.807) is 24.7 Å². The van der Waals surface area contributed by atoms with E-state index in [0.29, 0.717) is 39.0 Å². The first-order valence-corrected chi connectivity index (χ1v) is 10.2. The molecule has 0 aliphatic carbocycles. The van der Waals surface area contributed by atoms with Crippen molar-refractivity contribution in [3.63, 3.8) is 0 Å². The molecule has 3 aromatic rings. The third-order valence-electron chi connectivity index (χ3n) is 5.28. The molecule has 0 bridgehead atoms. The quantitative estimate of drug-likeness (QED) is 0.624. The number of carbonyl (C=O) groups is 1. The van der Waals surface area contributed by atoms with Gasteiger partial charge in [0.15, 0.2) is 0 Å². The Morgan fingerprint density at radius 2 is 1.87 bits per heavy atom. The van der Waals surface area contributed by atoms with Crippen molar-refractivity contribution < 1.29 is 9.18 Å². The molecule has 1 aliphatic rings. The largest absolute Gasteiger partial charge is 0.353 e. The van der Waals surface area contributed by atoms with Crippen molar-refractivity contribution in [1.29, 1.82) is 0 Å². The predicted octanol–water partition coefficient (Wildman–Crippen LogP) is 3.04. The Morgan fingerprint density at radius 1 is 1.10 bits per heavy atom. The van der Waals surface area contributed by atoms with Crippen LogP contribution in [-0.2, 0) is 11.2 Å². The molecule has 1 aliphatic heterocycles. The molecule has 3 heterocycles. The number of hydrogen-bond donors (Lipinski definition) is 0. The van der Waals surface area contributed by atoms with Crippen molar-refractivity contribution in [2.24, 2.45) is 0 Å². The van der Waals surface area contributed by atoms with Gasteiger partial charge in [-0.1, -0.05) is 17.7 Å². The summed E-state index contributed by atoms with van der Waals surface area (Å²) in [5.41, 5.74) is 0.858. The molecule has 30 heavy (non-hydrogen) atoms. The highest BCUT2D eigenvalue weighted by Crippen LogP contribution is 2.19. The maximum atomic E-state index is 13.3. The van der Waals surface area contributed by atoms with Crippen LogP contribution in [0.15, 0.2) is 43.0 Å². The number of anilines is 1. The van der Waals surface area contributed by atoms with Crippen molar-refractivity contribution >= 4 is 23.3 Å². The summed E-state index contributed by atoms with van der Waals surface area (Å²) in [6.45, 7) is 4.59. The molecule has 0 atom stereocenters. The summed E-state index contributed by atoms with van der Waals surface area (Å²) in [6, 6.07) is 6.52. The summed E-state index contributed by atoms with van der Waals surface area (Å²) >= 11 is 5.81. The van der Waals surface area contributed by atoms with E-state index in [2.05, 4.69) is 19.9 Å². The molecule has 7 nitrogen and oxygen atoms in total. The molecule has 156 valence electrons. The highest BCUT2D eigenvalue weighted by atomic mass is 35.5. The molecule has 0 spiro atoms. The standard InChI is InChI=1S/C21H22ClFN6O/c1-15-24-6-7-29(15)20-13-19(25-14-26-20)27-8-10-28(11-9-27)21(30)5-3-16-2-4-18(23)17(22)12-16/h2,4,6-7,12-14H,3,5,8-11H2,1H3. The van der Waals surface area contributed by atoms with Gasteiger partial charge in [0.1, 0.15) is 29.6 Å². The third-order valence-corrected chi connectivity index (χ3v) is 5.57. The molecule has 4 rings (SSSR count). The van der Waals surface area contributed by atoms with E-state index in [-0.39, 0.29) is 10.9 Å². The summed E-state index contributed by atoms with van der Waals surface area (Å²) < 4.78 is 15.2. The van der Waals surface area contributed by atoms with Crippen LogP contribution in [0.5, 0.6) is 0 Å². The molecular formula is C21H22ClFN6O. The van der Waals surface area contributed by atoms with Crippen molar-refractivity contribution in [3.05, 3.63) is 65.2 Å². The van der Waals surface area contributed by atoms with Gasteiger partial charge in [-0.3, -0.25) is 9.36 Å². The molecule has 1 saturated heterocycles. The highest BCUT2D eigenvalue weighted by Gasteiger charge is 2.22. The van der Waals surface area contributed by atoms with Gasteiger partial charge in [0.2, 0.25) is 5.91 Å². The SMILES string of the molecule is Cc1nccn1-c1cc(N2CCN(C(=O)CCc3ccc(F)c(Cl)c3)CC2)ncn1. The number of carbonyl (C=O) groups excluding carboxylic acids is 1. The molecule has 1 aromatic carbocycles. The van der Waals surface area contributed by atoms with Gasteiger partial charge in [-0.25, -0.2) is 19.3 Å². The van der Waals surface area contributed by atoms with Crippen LogP contribution in [0.4, 0.5) is 10.2 Å². The van der Waals surface area contributed by atoms with Crippen molar-refractivity contribution in [2.45, 2.75) is 19.8 Å². The first kappa shape index (κ1) is 20.3. The normalized spacial score (nSPS) is 14.2. The first-order valence-electron chi connectivity index (χ1n) is 9.80. The summed E-state index contributed by atoms with van der Waals surface area (Å²) in [6.07, 6.45) is 6.07. The minimum absolute atomic E-state index is 0.0867. The minimum Gasteiger partial charge on any atom is -0.353 e. The van der Waals surface area contributed by atoms with Crippen LogP contribution in [0.25, 0.3) is 5.82 Å². The Morgan fingerprint density at radius 3 is 2.57 bits per heavy atom. The molecule has 9 heteroatoms. The van der Waals surface area contributed by atoms with Gasteiger partial charge in [-0.2, -0.15) is 0 Å². The number of imidazole rings is 1. The second kappa shape index (κ2) is 8.79. The lowest BCUT2D eigenvalue weighted by Gasteiger charge is -2.35. The van der Waals surface area contributed by atoms with Crippen LogP contribution in [0.1, 0.15) is 17.8 Å². The van der Waals surface area contributed by atoms with Crippen molar-refractivity contribution in [1.82, 2.24) is 24.4 Å². The number of aromatic nitrogens is 4. The maximum absolute atomic E-state index is 13.3. The minimum atomic E-state index is -0.445. The van der Waals surface area contributed by atoms with E-state index in [9.17, 15) is 9.18 Å². The van der Waals surface area contributed by atoms with Gasteiger partial charge in [0, 0.05) is 51.1 Å². The fraction of sp³-hybridized carbons (Fsp3) is 0.333. The Bertz CT molecular complexity index is 1050. The number of nitrogens with zero attached hydrogens (tertiary/aromatic N) is 6. The third kappa shape index (κ3) is 4.43. The smallest absolute Gasteiger partial charge is 0.223 e. The average Bonchev–Trinajstić information content (AvgIpc) is 3.20. The number of amides is 1. The second-order valence-electron chi connectivity index (χ2n) is 7.20. The predicted molar refractivity (Wildman–Crippen MR) is 112 cm³/mol. The summed E-state index contributed by atoms with van der Waals surface area (Å²) in [5.74, 6) is 2.11. The highest BCUT2D eigenvalue weighted by molar-refractivity contribution is 6.30. The maximum Gasteiger partial charge on any atom is 0.223 e. The van der Waals surface area contributed by atoms with Crippen LogP contribution < -0.4 is 4.90 Å². The molecular weight excluding hydrogens is 407 g/mol. The molecule has 1 fully saturated rings. The Balaban J connectivity index is 1.33. The average molecular weight is 429 g/mol. The van der Waals surface area contributed by atoms with Crippen LogP contribution >= 0.6 is 11.6 Å². The number of piperazine rings is 1. The Kier molecular flexibility index (Phi) is 5.94. The van der Waals surface area contributed by atoms with E-state index in [1.807, 2.05) is 28.7 Å².